The Labute approximate surface area is 88.8 Å². The molecule has 0 aromatic carbocycles. The fourth-order valence-corrected chi connectivity index (χ4v) is 1.17. The predicted molar refractivity (Wildman–Crippen MR) is 54.9 cm³/mol. The third-order valence-corrected chi connectivity index (χ3v) is 2.25. The molecule has 0 aliphatic rings. The van der Waals surface area contributed by atoms with Gasteiger partial charge in [0, 0.05) is 5.56 Å². The van der Waals surface area contributed by atoms with Gasteiger partial charge in [-0.2, -0.15) is 0 Å². The van der Waals surface area contributed by atoms with Gasteiger partial charge in [-0.05, 0) is 26.3 Å². The van der Waals surface area contributed by atoms with Crippen LogP contribution in [0.15, 0.2) is 10.5 Å². The molecule has 0 bridgehead atoms. The number of carboxylic acid groups (broad SMARTS) is 1. The molecule has 0 aliphatic heterocycles. The summed E-state index contributed by atoms with van der Waals surface area (Å²) >= 11 is 0. The number of rotatable bonds is 5. The molecule has 0 radical (unpaired) electrons. The largest absolute Gasteiger partial charge is 0.475 e. The minimum absolute atomic E-state index is 0.00208. The maximum absolute atomic E-state index is 10.7. The fraction of sp³-hybridized carbons (Fsp3) is 0.545. The van der Waals surface area contributed by atoms with Crippen LogP contribution in [0.5, 0.6) is 0 Å². The van der Waals surface area contributed by atoms with Gasteiger partial charge in [0.15, 0.2) is 0 Å². The van der Waals surface area contributed by atoms with Crippen molar-refractivity contribution in [1.82, 2.24) is 0 Å². The first-order valence-electron chi connectivity index (χ1n) is 4.98. The lowest BCUT2D eigenvalue weighted by Gasteiger charge is -2.07. The number of aromatic carboxylic acids is 1. The first-order valence-corrected chi connectivity index (χ1v) is 4.98. The first-order chi connectivity index (χ1) is 7.04. The number of ether oxygens (including phenoxy) is 1. The zero-order valence-electron chi connectivity index (χ0n) is 9.24. The van der Waals surface area contributed by atoms with Crippen LogP contribution in [0.3, 0.4) is 0 Å². The second-order valence-corrected chi connectivity index (χ2v) is 3.56. The van der Waals surface area contributed by atoms with Crippen molar-refractivity contribution < 1.29 is 19.1 Å². The molecule has 0 aliphatic carbocycles. The van der Waals surface area contributed by atoms with Gasteiger partial charge in [-0.15, -0.1) is 0 Å². The molecule has 4 nitrogen and oxygen atoms in total. The van der Waals surface area contributed by atoms with Crippen LogP contribution in [0.4, 0.5) is 0 Å². The molecule has 0 amide bonds. The van der Waals surface area contributed by atoms with Crippen molar-refractivity contribution in [2.24, 2.45) is 0 Å². The molecule has 0 saturated heterocycles. The van der Waals surface area contributed by atoms with E-state index in [-0.39, 0.29) is 11.9 Å². The molecule has 1 unspecified atom stereocenters. The molecular formula is C11H16O4. The SMILES string of the molecule is CCC(C)OCc1cc(C)c(C(=O)O)o1. The molecule has 0 spiro atoms. The average Bonchev–Trinajstić information content (AvgIpc) is 2.56. The van der Waals surface area contributed by atoms with Gasteiger partial charge in [-0.3, -0.25) is 0 Å². The van der Waals surface area contributed by atoms with E-state index in [4.69, 9.17) is 14.3 Å². The monoisotopic (exact) mass is 212 g/mol. The van der Waals surface area contributed by atoms with Gasteiger partial charge in [0.25, 0.3) is 0 Å². The molecule has 15 heavy (non-hydrogen) atoms. The Bertz CT molecular complexity index is 340. The zero-order chi connectivity index (χ0) is 11.4. The minimum atomic E-state index is -1.04. The number of hydrogen-bond donors (Lipinski definition) is 1. The summed E-state index contributed by atoms with van der Waals surface area (Å²) in [5.41, 5.74) is 0.630. The van der Waals surface area contributed by atoms with Gasteiger partial charge < -0.3 is 14.3 Å². The molecular weight excluding hydrogens is 196 g/mol. The Morgan fingerprint density at radius 1 is 1.67 bits per heavy atom. The average molecular weight is 212 g/mol. The summed E-state index contributed by atoms with van der Waals surface area (Å²) in [5, 5.41) is 8.77. The van der Waals surface area contributed by atoms with Crippen LogP contribution in [0.2, 0.25) is 0 Å². The lowest BCUT2D eigenvalue weighted by molar-refractivity contribution is 0.0390. The summed E-state index contributed by atoms with van der Waals surface area (Å²) in [6, 6.07) is 1.70. The number of aryl methyl sites for hydroxylation is 1. The molecule has 1 heterocycles. The van der Waals surface area contributed by atoms with E-state index in [1.807, 2.05) is 13.8 Å². The van der Waals surface area contributed by atoms with E-state index >= 15 is 0 Å². The highest BCUT2D eigenvalue weighted by Crippen LogP contribution is 2.16. The van der Waals surface area contributed by atoms with Gasteiger partial charge in [0.1, 0.15) is 12.4 Å². The Kier molecular flexibility index (Phi) is 3.91. The summed E-state index contributed by atoms with van der Waals surface area (Å²) in [7, 11) is 0. The van der Waals surface area contributed by atoms with Crippen molar-refractivity contribution in [1.29, 1.82) is 0 Å². The molecule has 1 N–H and O–H groups in total. The smallest absolute Gasteiger partial charge is 0.372 e. The third-order valence-electron chi connectivity index (χ3n) is 2.25. The quantitative estimate of drug-likeness (QED) is 0.815. The van der Waals surface area contributed by atoms with Crippen molar-refractivity contribution in [2.75, 3.05) is 0 Å². The zero-order valence-corrected chi connectivity index (χ0v) is 9.24. The van der Waals surface area contributed by atoms with E-state index in [2.05, 4.69) is 0 Å². The van der Waals surface area contributed by atoms with Crippen LogP contribution >= 0.6 is 0 Å². The molecule has 1 atom stereocenters. The normalized spacial score (nSPS) is 12.7. The van der Waals surface area contributed by atoms with Gasteiger partial charge >= 0.3 is 5.97 Å². The summed E-state index contributed by atoms with van der Waals surface area (Å²) in [4.78, 5) is 10.7. The molecule has 0 saturated carbocycles. The second-order valence-electron chi connectivity index (χ2n) is 3.56. The fourth-order valence-electron chi connectivity index (χ4n) is 1.17. The maximum Gasteiger partial charge on any atom is 0.372 e. The highest BCUT2D eigenvalue weighted by atomic mass is 16.5. The summed E-state index contributed by atoms with van der Waals surface area (Å²) in [6.07, 6.45) is 1.08. The van der Waals surface area contributed by atoms with Gasteiger partial charge in [0.2, 0.25) is 5.76 Å². The van der Waals surface area contributed by atoms with Gasteiger partial charge in [0.05, 0.1) is 6.10 Å². The van der Waals surface area contributed by atoms with Crippen molar-refractivity contribution in [3.63, 3.8) is 0 Å². The van der Waals surface area contributed by atoms with Crippen LogP contribution in [0.25, 0.3) is 0 Å². The van der Waals surface area contributed by atoms with E-state index in [1.54, 1.807) is 13.0 Å². The second kappa shape index (κ2) is 4.98. The number of carboxylic acids is 1. The number of carbonyl (C=O) groups is 1. The minimum Gasteiger partial charge on any atom is -0.475 e. The lowest BCUT2D eigenvalue weighted by Crippen LogP contribution is -2.05. The molecule has 4 heteroatoms. The number of furan rings is 1. The molecule has 1 aromatic rings. The Morgan fingerprint density at radius 2 is 2.33 bits per heavy atom. The third kappa shape index (κ3) is 3.09. The Balaban J connectivity index is 2.63. The summed E-state index contributed by atoms with van der Waals surface area (Å²) < 4.78 is 10.6. The molecule has 1 aromatic heterocycles. The van der Waals surface area contributed by atoms with E-state index in [1.165, 1.54) is 0 Å². The topological polar surface area (TPSA) is 59.7 Å². The standard InChI is InChI=1S/C11H16O4/c1-4-8(3)14-6-9-5-7(2)10(15-9)11(12)13/h5,8H,4,6H2,1-3H3,(H,12,13). The highest BCUT2D eigenvalue weighted by molar-refractivity contribution is 5.86. The Hall–Kier alpha value is -1.29. The first kappa shape index (κ1) is 11.8. The Morgan fingerprint density at radius 3 is 2.80 bits per heavy atom. The van der Waals surface area contributed by atoms with Gasteiger partial charge in [-0.1, -0.05) is 6.92 Å². The van der Waals surface area contributed by atoms with Crippen LogP contribution < -0.4 is 0 Å². The van der Waals surface area contributed by atoms with Crippen LogP contribution in [0.1, 0.15) is 42.1 Å². The molecule has 1 rings (SSSR count). The van der Waals surface area contributed by atoms with Crippen molar-refractivity contribution >= 4 is 5.97 Å². The van der Waals surface area contributed by atoms with Crippen LogP contribution in [-0.4, -0.2) is 17.2 Å². The summed E-state index contributed by atoms with van der Waals surface area (Å²) in [6.45, 7) is 6.03. The lowest BCUT2D eigenvalue weighted by atomic mass is 10.2. The van der Waals surface area contributed by atoms with E-state index in [9.17, 15) is 4.79 Å². The van der Waals surface area contributed by atoms with Crippen LogP contribution in [0, 0.1) is 6.92 Å². The molecule has 84 valence electrons. The predicted octanol–water partition coefficient (Wildman–Crippen LogP) is 2.60. The number of hydrogen-bond acceptors (Lipinski definition) is 3. The molecule has 0 fully saturated rings. The summed E-state index contributed by atoms with van der Waals surface area (Å²) in [5.74, 6) is -0.481. The van der Waals surface area contributed by atoms with Gasteiger partial charge in [-0.25, -0.2) is 4.79 Å². The maximum atomic E-state index is 10.7. The van der Waals surface area contributed by atoms with Crippen molar-refractivity contribution in [2.45, 2.75) is 39.9 Å². The van der Waals surface area contributed by atoms with E-state index < -0.39 is 5.97 Å². The van der Waals surface area contributed by atoms with Crippen molar-refractivity contribution in [3.05, 3.63) is 23.2 Å². The highest BCUT2D eigenvalue weighted by Gasteiger charge is 2.14. The van der Waals surface area contributed by atoms with E-state index in [0.717, 1.165) is 6.42 Å². The van der Waals surface area contributed by atoms with Crippen molar-refractivity contribution in [3.8, 4) is 0 Å². The van der Waals surface area contributed by atoms with E-state index in [0.29, 0.717) is 17.9 Å². The van der Waals surface area contributed by atoms with Crippen LogP contribution in [-0.2, 0) is 11.3 Å².